The molecule has 1 rings (SSSR count). The molecule has 19 heavy (non-hydrogen) atoms. The van der Waals surface area contributed by atoms with Gasteiger partial charge in [-0.05, 0) is 49.9 Å². The third kappa shape index (κ3) is 7.89. The highest BCUT2D eigenvalue weighted by molar-refractivity contribution is 5.28. The first-order chi connectivity index (χ1) is 9.36. The summed E-state index contributed by atoms with van der Waals surface area (Å²) in [7, 11) is 0. The van der Waals surface area contributed by atoms with Gasteiger partial charge in [-0.1, -0.05) is 44.7 Å². The van der Waals surface area contributed by atoms with Gasteiger partial charge in [0, 0.05) is 0 Å². The molecular weight excluding hydrogens is 234 g/mol. The molecule has 0 heterocycles. The van der Waals surface area contributed by atoms with Crippen molar-refractivity contribution in [2.24, 2.45) is 5.73 Å². The molecule has 0 amide bonds. The summed E-state index contributed by atoms with van der Waals surface area (Å²) < 4.78 is 5.80. The van der Waals surface area contributed by atoms with Crippen LogP contribution >= 0.6 is 0 Å². The highest BCUT2D eigenvalue weighted by atomic mass is 16.5. The molecule has 0 bridgehead atoms. The van der Waals surface area contributed by atoms with Crippen molar-refractivity contribution in [2.75, 3.05) is 13.2 Å². The van der Waals surface area contributed by atoms with Gasteiger partial charge in [0.2, 0.25) is 0 Å². The van der Waals surface area contributed by atoms with Crippen LogP contribution in [0.25, 0.3) is 0 Å². The van der Waals surface area contributed by atoms with Gasteiger partial charge >= 0.3 is 0 Å². The Labute approximate surface area is 118 Å². The maximum atomic E-state index is 5.80. The van der Waals surface area contributed by atoms with E-state index in [0.29, 0.717) is 0 Å². The molecule has 0 fully saturated rings. The predicted octanol–water partition coefficient (Wildman–Crippen LogP) is 4.32. The summed E-state index contributed by atoms with van der Waals surface area (Å²) in [6.45, 7) is 3.87. The van der Waals surface area contributed by atoms with E-state index in [2.05, 4.69) is 31.2 Å². The van der Waals surface area contributed by atoms with E-state index in [1.807, 2.05) is 0 Å². The van der Waals surface area contributed by atoms with Crippen LogP contribution < -0.4 is 10.5 Å². The number of aryl methyl sites for hydroxylation is 1. The minimum Gasteiger partial charge on any atom is -0.494 e. The van der Waals surface area contributed by atoms with Crippen LogP contribution in [0.4, 0.5) is 0 Å². The second kappa shape index (κ2) is 10.9. The van der Waals surface area contributed by atoms with Crippen LogP contribution in [0.1, 0.15) is 57.4 Å². The first-order valence-electron chi connectivity index (χ1n) is 7.78. The lowest BCUT2D eigenvalue weighted by Crippen LogP contribution is -2.00. The molecule has 108 valence electrons. The summed E-state index contributed by atoms with van der Waals surface area (Å²) in [6, 6.07) is 8.55. The fourth-order valence-electron chi connectivity index (χ4n) is 2.16. The Morgan fingerprint density at radius 3 is 2.63 bits per heavy atom. The second-order valence-electron chi connectivity index (χ2n) is 5.16. The van der Waals surface area contributed by atoms with E-state index in [4.69, 9.17) is 10.5 Å². The van der Waals surface area contributed by atoms with Crippen molar-refractivity contribution in [3.8, 4) is 5.75 Å². The van der Waals surface area contributed by atoms with Crippen molar-refractivity contribution in [2.45, 2.75) is 58.3 Å². The number of hydrogen-bond acceptors (Lipinski definition) is 2. The summed E-state index contributed by atoms with van der Waals surface area (Å²) in [5.74, 6) is 1.02. The van der Waals surface area contributed by atoms with Gasteiger partial charge < -0.3 is 10.5 Å². The lowest BCUT2D eigenvalue weighted by molar-refractivity contribution is 0.304. The van der Waals surface area contributed by atoms with Crippen molar-refractivity contribution < 1.29 is 4.74 Å². The number of ether oxygens (including phenoxy) is 1. The van der Waals surface area contributed by atoms with Crippen molar-refractivity contribution in [3.05, 3.63) is 29.8 Å². The van der Waals surface area contributed by atoms with Crippen LogP contribution in [0, 0.1) is 0 Å². The molecule has 0 spiro atoms. The predicted molar refractivity (Wildman–Crippen MR) is 82.7 cm³/mol. The van der Waals surface area contributed by atoms with Crippen molar-refractivity contribution in [3.63, 3.8) is 0 Å². The highest BCUT2D eigenvalue weighted by Gasteiger charge is 1.97. The van der Waals surface area contributed by atoms with Crippen molar-refractivity contribution in [1.82, 2.24) is 0 Å². The third-order valence-corrected chi connectivity index (χ3v) is 3.33. The lowest BCUT2D eigenvalue weighted by atomic mass is 10.1. The third-order valence-electron chi connectivity index (χ3n) is 3.33. The molecule has 0 aromatic heterocycles. The molecule has 0 radical (unpaired) electrons. The van der Waals surface area contributed by atoms with Gasteiger partial charge in [0.15, 0.2) is 0 Å². The van der Waals surface area contributed by atoms with Gasteiger partial charge in [0.25, 0.3) is 0 Å². The lowest BCUT2D eigenvalue weighted by Gasteiger charge is -2.08. The largest absolute Gasteiger partial charge is 0.494 e. The van der Waals surface area contributed by atoms with Gasteiger partial charge in [0.05, 0.1) is 6.61 Å². The van der Waals surface area contributed by atoms with Gasteiger partial charge in [-0.3, -0.25) is 0 Å². The Balaban J connectivity index is 2.20. The van der Waals surface area contributed by atoms with Crippen molar-refractivity contribution in [1.29, 1.82) is 0 Å². The molecular formula is C17H29NO. The van der Waals surface area contributed by atoms with Gasteiger partial charge in [-0.2, -0.15) is 0 Å². The number of nitrogens with two attached hydrogens (primary N) is 1. The van der Waals surface area contributed by atoms with Crippen LogP contribution in [-0.4, -0.2) is 13.2 Å². The van der Waals surface area contributed by atoms with Gasteiger partial charge in [0.1, 0.15) is 5.75 Å². The fraction of sp³-hybridized carbons (Fsp3) is 0.647. The SMILES string of the molecule is CCCCCc1cccc(OCCCCCCN)c1. The summed E-state index contributed by atoms with van der Waals surface area (Å²) in [5.41, 5.74) is 6.87. The van der Waals surface area contributed by atoms with Crippen LogP contribution in [0.3, 0.4) is 0 Å². The Kier molecular flexibility index (Phi) is 9.17. The van der Waals surface area contributed by atoms with Gasteiger partial charge in [-0.15, -0.1) is 0 Å². The van der Waals surface area contributed by atoms with E-state index in [9.17, 15) is 0 Å². The zero-order valence-electron chi connectivity index (χ0n) is 12.4. The first-order valence-corrected chi connectivity index (χ1v) is 7.78. The molecule has 2 N–H and O–H groups in total. The average Bonchev–Trinajstić information content (AvgIpc) is 2.43. The van der Waals surface area contributed by atoms with E-state index in [1.165, 1.54) is 44.1 Å². The topological polar surface area (TPSA) is 35.2 Å². The standard InChI is InChI=1S/C17H29NO/c1-2-3-6-10-16-11-9-12-17(15-16)19-14-8-5-4-7-13-18/h9,11-12,15H,2-8,10,13-14,18H2,1H3. The Hall–Kier alpha value is -1.02. The van der Waals surface area contributed by atoms with Crippen LogP contribution in [-0.2, 0) is 6.42 Å². The summed E-state index contributed by atoms with van der Waals surface area (Å²) >= 11 is 0. The molecule has 2 nitrogen and oxygen atoms in total. The molecule has 0 atom stereocenters. The van der Waals surface area contributed by atoms with Crippen molar-refractivity contribution >= 4 is 0 Å². The average molecular weight is 263 g/mol. The number of rotatable bonds is 11. The Morgan fingerprint density at radius 1 is 1.00 bits per heavy atom. The molecule has 0 saturated heterocycles. The smallest absolute Gasteiger partial charge is 0.119 e. The van der Waals surface area contributed by atoms with Crippen LogP contribution in [0.5, 0.6) is 5.75 Å². The maximum absolute atomic E-state index is 5.80. The molecule has 0 aliphatic heterocycles. The summed E-state index contributed by atoms with van der Waals surface area (Å²) in [5, 5.41) is 0. The molecule has 2 heteroatoms. The van der Waals surface area contributed by atoms with Gasteiger partial charge in [-0.25, -0.2) is 0 Å². The molecule has 0 aliphatic rings. The Morgan fingerprint density at radius 2 is 1.84 bits per heavy atom. The molecule has 1 aromatic carbocycles. The maximum Gasteiger partial charge on any atom is 0.119 e. The van der Waals surface area contributed by atoms with E-state index in [1.54, 1.807) is 0 Å². The first kappa shape index (κ1) is 16.0. The molecule has 0 saturated carbocycles. The summed E-state index contributed by atoms with van der Waals surface area (Å²) in [4.78, 5) is 0. The van der Waals surface area contributed by atoms with E-state index >= 15 is 0 Å². The Bertz CT molecular complexity index is 325. The molecule has 1 aromatic rings. The zero-order chi connectivity index (χ0) is 13.8. The minimum atomic E-state index is 0.806. The highest BCUT2D eigenvalue weighted by Crippen LogP contribution is 2.16. The van der Waals surface area contributed by atoms with Crippen LogP contribution in [0.2, 0.25) is 0 Å². The van der Waals surface area contributed by atoms with E-state index in [-0.39, 0.29) is 0 Å². The monoisotopic (exact) mass is 263 g/mol. The second-order valence-corrected chi connectivity index (χ2v) is 5.16. The normalized spacial score (nSPS) is 10.6. The molecule has 0 aliphatic carbocycles. The van der Waals surface area contributed by atoms with E-state index in [0.717, 1.165) is 31.7 Å². The molecule has 0 unspecified atom stereocenters. The number of benzene rings is 1. The quantitative estimate of drug-likeness (QED) is 0.604. The van der Waals surface area contributed by atoms with Crippen LogP contribution in [0.15, 0.2) is 24.3 Å². The number of hydrogen-bond donors (Lipinski definition) is 1. The number of unbranched alkanes of at least 4 members (excludes halogenated alkanes) is 5. The zero-order valence-corrected chi connectivity index (χ0v) is 12.4. The summed E-state index contributed by atoms with van der Waals surface area (Å²) in [6.07, 6.45) is 9.73. The van der Waals surface area contributed by atoms with E-state index < -0.39 is 0 Å². The fourth-order valence-corrected chi connectivity index (χ4v) is 2.16. The minimum absolute atomic E-state index is 0.806.